The van der Waals surface area contributed by atoms with Crippen molar-refractivity contribution < 1.29 is 0 Å². The van der Waals surface area contributed by atoms with Crippen LogP contribution in [0.15, 0.2) is 22.0 Å². The molecule has 0 spiro atoms. The molecule has 1 aliphatic heterocycles. The molecular formula is C14H26N2. The molecule has 1 rings (SSSR count). The van der Waals surface area contributed by atoms with Gasteiger partial charge in [0.2, 0.25) is 0 Å². The molecule has 0 aliphatic carbocycles. The number of hydrogen-bond donors (Lipinski definition) is 0. The molecule has 92 valence electrons. The Balaban J connectivity index is 2.20. The predicted molar refractivity (Wildman–Crippen MR) is 69.5 cm³/mol. The molecule has 1 aliphatic rings. The Morgan fingerprint density at radius 2 is 1.81 bits per heavy atom. The van der Waals surface area contributed by atoms with Crippen molar-refractivity contribution in [3.05, 3.63) is 11.8 Å². The zero-order valence-electron chi connectivity index (χ0n) is 11.2. The standard InChI is InChI=1S/C14H26N2/c1-11(2)6-5-7-13-10-14(16-15-13)9-8-12(3)4/h10-13H,5-9H2,1-4H3. The quantitative estimate of drug-likeness (QED) is 0.581. The highest BCUT2D eigenvalue weighted by molar-refractivity contribution is 5.09. The molecule has 0 aromatic heterocycles. The smallest absolute Gasteiger partial charge is 0.0914 e. The molecule has 1 unspecified atom stereocenters. The largest absolute Gasteiger partial charge is 0.181 e. The molecule has 0 radical (unpaired) electrons. The Bertz CT molecular complexity index is 251. The van der Waals surface area contributed by atoms with E-state index in [4.69, 9.17) is 0 Å². The molecule has 2 nitrogen and oxygen atoms in total. The summed E-state index contributed by atoms with van der Waals surface area (Å²) in [6.45, 7) is 9.07. The number of rotatable bonds is 7. The monoisotopic (exact) mass is 222 g/mol. The summed E-state index contributed by atoms with van der Waals surface area (Å²) in [6.07, 6.45) is 8.34. The second kappa shape index (κ2) is 6.82. The number of azo groups is 1. The van der Waals surface area contributed by atoms with Gasteiger partial charge in [-0.2, -0.15) is 10.2 Å². The van der Waals surface area contributed by atoms with Crippen molar-refractivity contribution >= 4 is 0 Å². The Morgan fingerprint density at radius 3 is 2.44 bits per heavy atom. The highest BCUT2D eigenvalue weighted by Crippen LogP contribution is 2.23. The van der Waals surface area contributed by atoms with Crippen LogP contribution in [0.1, 0.15) is 59.8 Å². The highest BCUT2D eigenvalue weighted by Gasteiger charge is 2.12. The van der Waals surface area contributed by atoms with E-state index in [-0.39, 0.29) is 0 Å². The molecule has 0 amide bonds. The lowest BCUT2D eigenvalue weighted by Crippen LogP contribution is -1.98. The fourth-order valence-corrected chi connectivity index (χ4v) is 1.88. The van der Waals surface area contributed by atoms with Gasteiger partial charge in [0.25, 0.3) is 0 Å². The minimum absolute atomic E-state index is 0.376. The second-order valence-electron chi connectivity index (χ2n) is 5.70. The van der Waals surface area contributed by atoms with Crippen molar-refractivity contribution in [2.24, 2.45) is 22.1 Å². The Morgan fingerprint density at radius 1 is 1.12 bits per heavy atom. The average Bonchev–Trinajstić information content (AvgIpc) is 2.62. The maximum Gasteiger partial charge on any atom is 0.0914 e. The van der Waals surface area contributed by atoms with E-state index in [0.29, 0.717) is 6.04 Å². The van der Waals surface area contributed by atoms with Crippen LogP contribution in [-0.4, -0.2) is 6.04 Å². The maximum atomic E-state index is 4.32. The van der Waals surface area contributed by atoms with E-state index in [0.717, 1.165) is 18.3 Å². The molecule has 1 atom stereocenters. The zero-order chi connectivity index (χ0) is 12.0. The fraction of sp³-hybridized carbons (Fsp3) is 0.857. The maximum absolute atomic E-state index is 4.32. The Kier molecular flexibility index (Phi) is 5.72. The van der Waals surface area contributed by atoms with Gasteiger partial charge in [-0.05, 0) is 37.2 Å². The van der Waals surface area contributed by atoms with E-state index >= 15 is 0 Å². The predicted octanol–water partition coefficient (Wildman–Crippen LogP) is 4.97. The summed E-state index contributed by atoms with van der Waals surface area (Å²) in [5, 5.41) is 8.60. The van der Waals surface area contributed by atoms with Crippen molar-refractivity contribution in [3.8, 4) is 0 Å². The molecule has 0 bridgehead atoms. The van der Waals surface area contributed by atoms with Crippen molar-refractivity contribution in [3.63, 3.8) is 0 Å². The van der Waals surface area contributed by atoms with Crippen LogP contribution in [0.25, 0.3) is 0 Å². The van der Waals surface area contributed by atoms with Crippen LogP contribution in [0.2, 0.25) is 0 Å². The summed E-state index contributed by atoms with van der Waals surface area (Å²) in [4.78, 5) is 0. The van der Waals surface area contributed by atoms with Crippen LogP contribution in [-0.2, 0) is 0 Å². The molecule has 0 aromatic carbocycles. The van der Waals surface area contributed by atoms with Gasteiger partial charge in [-0.15, -0.1) is 0 Å². The van der Waals surface area contributed by atoms with E-state index in [9.17, 15) is 0 Å². The van der Waals surface area contributed by atoms with Crippen LogP contribution in [0.4, 0.5) is 0 Å². The summed E-state index contributed by atoms with van der Waals surface area (Å²) >= 11 is 0. The van der Waals surface area contributed by atoms with Crippen LogP contribution in [0.5, 0.6) is 0 Å². The molecule has 16 heavy (non-hydrogen) atoms. The zero-order valence-corrected chi connectivity index (χ0v) is 11.2. The molecule has 0 saturated heterocycles. The van der Waals surface area contributed by atoms with Crippen molar-refractivity contribution in [2.45, 2.75) is 65.8 Å². The third-order valence-electron chi connectivity index (χ3n) is 2.98. The average molecular weight is 222 g/mol. The minimum Gasteiger partial charge on any atom is -0.181 e. The molecule has 0 fully saturated rings. The molecular weight excluding hydrogens is 196 g/mol. The Hall–Kier alpha value is -0.660. The lowest BCUT2D eigenvalue weighted by Gasteiger charge is -2.05. The van der Waals surface area contributed by atoms with Gasteiger partial charge in [0, 0.05) is 0 Å². The lowest BCUT2D eigenvalue weighted by molar-refractivity contribution is 0.522. The molecule has 2 heteroatoms. The van der Waals surface area contributed by atoms with Crippen LogP contribution in [0.3, 0.4) is 0 Å². The van der Waals surface area contributed by atoms with Crippen LogP contribution < -0.4 is 0 Å². The lowest BCUT2D eigenvalue weighted by atomic mass is 10.0. The molecule has 0 N–H and O–H groups in total. The summed E-state index contributed by atoms with van der Waals surface area (Å²) in [5.74, 6) is 1.57. The minimum atomic E-state index is 0.376. The first-order chi connectivity index (χ1) is 7.58. The van der Waals surface area contributed by atoms with E-state index in [1.54, 1.807) is 0 Å². The SMILES string of the molecule is CC(C)CCCC1C=C(CCC(C)C)N=N1. The summed E-state index contributed by atoms with van der Waals surface area (Å²) in [7, 11) is 0. The Labute approximate surface area is 100 Å². The number of allylic oxidation sites excluding steroid dienone is 1. The third kappa shape index (κ3) is 5.43. The van der Waals surface area contributed by atoms with Gasteiger partial charge in [0.05, 0.1) is 11.7 Å². The molecule has 0 aromatic rings. The van der Waals surface area contributed by atoms with E-state index in [1.807, 2.05) is 0 Å². The highest BCUT2D eigenvalue weighted by atomic mass is 15.1. The van der Waals surface area contributed by atoms with Crippen molar-refractivity contribution in [1.82, 2.24) is 0 Å². The third-order valence-corrected chi connectivity index (χ3v) is 2.98. The number of hydrogen-bond acceptors (Lipinski definition) is 2. The van der Waals surface area contributed by atoms with E-state index in [1.165, 1.54) is 31.4 Å². The van der Waals surface area contributed by atoms with Gasteiger partial charge in [0.15, 0.2) is 0 Å². The van der Waals surface area contributed by atoms with Gasteiger partial charge < -0.3 is 0 Å². The topological polar surface area (TPSA) is 24.7 Å². The fourth-order valence-electron chi connectivity index (χ4n) is 1.88. The van der Waals surface area contributed by atoms with Gasteiger partial charge >= 0.3 is 0 Å². The summed E-state index contributed by atoms with van der Waals surface area (Å²) in [5.41, 5.74) is 1.21. The first-order valence-corrected chi connectivity index (χ1v) is 6.69. The first-order valence-electron chi connectivity index (χ1n) is 6.69. The summed E-state index contributed by atoms with van der Waals surface area (Å²) in [6, 6.07) is 0.376. The summed E-state index contributed by atoms with van der Waals surface area (Å²) < 4.78 is 0. The molecule has 0 saturated carbocycles. The second-order valence-corrected chi connectivity index (χ2v) is 5.70. The van der Waals surface area contributed by atoms with Crippen LogP contribution in [0, 0.1) is 11.8 Å². The van der Waals surface area contributed by atoms with Crippen LogP contribution >= 0.6 is 0 Å². The first kappa shape index (κ1) is 13.4. The van der Waals surface area contributed by atoms with Gasteiger partial charge in [-0.25, -0.2) is 0 Å². The van der Waals surface area contributed by atoms with E-state index < -0.39 is 0 Å². The molecule has 1 heterocycles. The van der Waals surface area contributed by atoms with Gasteiger partial charge in [-0.3, -0.25) is 0 Å². The van der Waals surface area contributed by atoms with E-state index in [2.05, 4.69) is 44.0 Å². The van der Waals surface area contributed by atoms with Crippen molar-refractivity contribution in [1.29, 1.82) is 0 Å². The normalized spacial score (nSPS) is 19.9. The number of nitrogens with zero attached hydrogens (tertiary/aromatic N) is 2. The van der Waals surface area contributed by atoms with Gasteiger partial charge in [-0.1, -0.05) is 40.5 Å². The van der Waals surface area contributed by atoms with Crippen molar-refractivity contribution in [2.75, 3.05) is 0 Å². The van der Waals surface area contributed by atoms with Gasteiger partial charge in [0.1, 0.15) is 0 Å².